The first-order valence-electron chi connectivity index (χ1n) is 10.9. The maximum atomic E-state index is 12.6. The van der Waals surface area contributed by atoms with E-state index in [1.165, 1.54) is 0 Å². The van der Waals surface area contributed by atoms with Gasteiger partial charge < -0.3 is 19.0 Å². The van der Waals surface area contributed by atoms with E-state index in [1.807, 2.05) is 79.2 Å². The Labute approximate surface area is 191 Å². The van der Waals surface area contributed by atoms with E-state index in [0.29, 0.717) is 31.0 Å². The summed E-state index contributed by atoms with van der Waals surface area (Å²) < 4.78 is 9.98. The van der Waals surface area contributed by atoms with Gasteiger partial charge in [0.1, 0.15) is 23.8 Å². The Morgan fingerprint density at radius 1 is 1.00 bits per heavy atom. The summed E-state index contributed by atoms with van der Waals surface area (Å²) in [6.07, 6.45) is 3.94. The molecule has 7 nitrogen and oxygen atoms in total. The number of ether oxygens (including phenoxy) is 1. The zero-order chi connectivity index (χ0) is 22.8. The van der Waals surface area contributed by atoms with Crippen molar-refractivity contribution >= 4 is 22.6 Å². The Kier molecular flexibility index (Phi) is 5.52. The van der Waals surface area contributed by atoms with Crippen LogP contribution < -0.4 is 10.1 Å². The number of amides is 1. The lowest BCUT2D eigenvalue weighted by molar-refractivity contribution is 0.0952. The smallest absolute Gasteiger partial charge is 0.251 e. The molecule has 1 amide bonds. The highest BCUT2D eigenvalue weighted by Crippen LogP contribution is 2.17. The van der Waals surface area contributed by atoms with E-state index in [1.54, 1.807) is 12.1 Å². The topological polar surface area (TPSA) is 73.5 Å². The van der Waals surface area contributed by atoms with Crippen molar-refractivity contribution in [1.29, 1.82) is 0 Å². The van der Waals surface area contributed by atoms with Gasteiger partial charge in [-0.1, -0.05) is 18.2 Å². The molecule has 0 unspecified atom stereocenters. The molecule has 0 aliphatic rings. The Morgan fingerprint density at radius 2 is 1.82 bits per heavy atom. The number of nitrogens with one attached hydrogen (secondary N) is 1. The van der Waals surface area contributed by atoms with Crippen molar-refractivity contribution in [2.75, 3.05) is 6.54 Å². The number of pyridine rings is 1. The molecule has 0 radical (unpaired) electrons. The number of aromatic nitrogens is 4. The molecule has 0 aliphatic carbocycles. The molecule has 1 N–H and O–H groups in total. The minimum absolute atomic E-state index is 0.112. The van der Waals surface area contributed by atoms with Gasteiger partial charge in [0.05, 0.1) is 16.7 Å². The van der Waals surface area contributed by atoms with Crippen molar-refractivity contribution in [3.05, 3.63) is 95.7 Å². The van der Waals surface area contributed by atoms with Crippen LogP contribution in [-0.4, -0.2) is 31.4 Å². The summed E-state index contributed by atoms with van der Waals surface area (Å²) in [4.78, 5) is 21.7. The van der Waals surface area contributed by atoms with Crippen LogP contribution in [0.25, 0.3) is 16.7 Å². The molecule has 33 heavy (non-hydrogen) atoms. The molecule has 7 heteroatoms. The number of rotatable bonds is 7. The number of para-hydroxylation sites is 2. The third-order valence-electron chi connectivity index (χ3n) is 5.70. The summed E-state index contributed by atoms with van der Waals surface area (Å²) in [7, 11) is 0. The van der Waals surface area contributed by atoms with E-state index in [-0.39, 0.29) is 5.91 Å². The molecule has 3 heterocycles. The minimum Gasteiger partial charge on any atom is -0.487 e. The zero-order valence-electron chi connectivity index (χ0n) is 18.7. The first-order chi connectivity index (χ1) is 16.1. The number of nitrogens with zero attached hydrogens (tertiary/aromatic N) is 4. The molecule has 5 aromatic rings. The van der Waals surface area contributed by atoms with Crippen LogP contribution in [0.1, 0.15) is 27.4 Å². The number of hydrogen-bond acceptors (Lipinski definition) is 4. The normalized spacial score (nSPS) is 11.2. The maximum Gasteiger partial charge on any atom is 0.251 e. The molecule has 0 atom stereocenters. The van der Waals surface area contributed by atoms with Crippen molar-refractivity contribution in [2.45, 2.75) is 27.0 Å². The highest BCUT2D eigenvalue weighted by molar-refractivity contribution is 5.94. The van der Waals surface area contributed by atoms with Crippen molar-refractivity contribution in [3.8, 4) is 5.75 Å². The number of aryl methyl sites for hydroxylation is 2. The lowest BCUT2D eigenvalue weighted by Crippen LogP contribution is -2.27. The average molecular weight is 440 g/mol. The second kappa shape index (κ2) is 8.78. The number of hydrogen-bond donors (Lipinski definition) is 1. The summed E-state index contributed by atoms with van der Waals surface area (Å²) in [6.45, 7) is 5.57. The van der Waals surface area contributed by atoms with Gasteiger partial charge in [-0.2, -0.15) is 0 Å². The first kappa shape index (κ1) is 20.8. The molecule has 0 saturated carbocycles. The van der Waals surface area contributed by atoms with Gasteiger partial charge in [-0.15, -0.1) is 0 Å². The van der Waals surface area contributed by atoms with E-state index < -0.39 is 0 Å². The van der Waals surface area contributed by atoms with Crippen molar-refractivity contribution < 1.29 is 9.53 Å². The summed E-state index contributed by atoms with van der Waals surface area (Å²) in [5, 5.41) is 2.99. The molecule has 2 aromatic carbocycles. The SMILES string of the molecule is Cc1cccn2cc(COc3ccc(C(=O)NCCn4c(C)nc5ccccc54)cc3)nc12. The van der Waals surface area contributed by atoms with Gasteiger partial charge in [-0.25, -0.2) is 9.97 Å². The van der Waals surface area contributed by atoms with E-state index in [9.17, 15) is 4.79 Å². The van der Waals surface area contributed by atoms with E-state index in [4.69, 9.17) is 4.74 Å². The molecular formula is C26H25N5O2. The van der Waals surface area contributed by atoms with Gasteiger partial charge in [0.25, 0.3) is 5.91 Å². The van der Waals surface area contributed by atoms with Gasteiger partial charge in [0.15, 0.2) is 0 Å². The van der Waals surface area contributed by atoms with Crippen LogP contribution in [0.15, 0.2) is 73.1 Å². The summed E-state index contributed by atoms with van der Waals surface area (Å²) in [6, 6.07) is 19.2. The Morgan fingerprint density at radius 3 is 2.64 bits per heavy atom. The molecule has 0 aliphatic heterocycles. The quantitative estimate of drug-likeness (QED) is 0.410. The fourth-order valence-corrected chi connectivity index (χ4v) is 4.00. The third kappa shape index (κ3) is 4.30. The summed E-state index contributed by atoms with van der Waals surface area (Å²) in [5.41, 5.74) is 5.55. The van der Waals surface area contributed by atoms with E-state index in [2.05, 4.69) is 19.9 Å². The number of benzene rings is 2. The van der Waals surface area contributed by atoms with Crippen LogP contribution in [0, 0.1) is 13.8 Å². The maximum absolute atomic E-state index is 12.6. The predicted molar refractivity (Wildman–Crippen MR) is 128 cm³/mol. The van der Waals surface area contributed by atoms with Crippen LogP contribution in [-0.2, 0) is 13.2 Å². The monoisotopic (exact) mass is 439 g/mol. The lowest BCUT2D eigenvalue weighted by atomic mass is 10.2. The molecule has 0 bridgehead atoms. The highest BCUT2D eigenvalue weighted by Gasteiger charge is 2.09. The second-order valence-electron chi connectivity index (χ2n) is 8.02. The van der Waals surface area contributed by atoms with Crippen molar-refractivity contribution in [3.63, 3.8) is 0 Å². The fraction of sp³-hybridized carbons (Fsp3) is 0.192. The van der Waals surface area contributed by atoms with Gasteiger partial charge >= 0.3 is 0 Å². The van der Waals surface area contributed by atoms with E-state index >= 15 is 0 Å². The number of imidazole rings is 2. The minimum atomic E-state index is -0.112. The highest BCUT2D eigenvalue weighted by atomic mass is 16.5. The van der Waals surface area contributed by atoms with Gasteiger partial charge in [0.2, 0.25) is 0 Å². The van der Waals surface area contributed by atoms with Crippen LogP contribution in [0.5, 0.6) is 5.75 Å². The van der Waals surface area contributed by atoms with Crippen LogP contribution in [0.3, 0.4) is 0 Å². The van der Waals surface area contributed by atoms with Gasteiger partial charge in [0, 0.05) is 31.0 Å². The average Bonchev–Trinajstić information content (AvgIpc) is 3.39. The summed E-state index contributed by atoms with van der Waals surface area (Å²) in [5.74, 6) is 1.52. The predicted octanol–water partition coefficient (Wildman–Crippen LogP) is 4.31. The molecular weight excluding hydrogens is 414 g/mol. The fourth-order valence-electron chi connectivity index (χ4n) is 4.00. The third-order valence-corrected chi connectivity index (χ3v) is 5.70. The largest absolute Gasteiger partial charge is 0.487 e. The Balaban J connectivity index is 1.16. The molecule has 0 fully saturated rings. The van der Waals surface area contributed by atoms with Gasteiger partial charge in [-0.05, 0) is 61.9 Å². The first-order valence-corrected chi connectivity index (χ1v) is 10.9. The molecule has 0 spiro atoms. The van der Waals surface area contributed by atoms with Crippen LogP contribution in [0.2, 0.25) is 0 Å². The zero-order valence-corrected chi connectivity index (χ0v) is 18.7. The number of carbonyl (C=O) groups excluding carboxylic acids is 1. The second-order valence-corrected chi connectivity index (χ2v) is 8.02. The molecule has 166 valence electrons. The molecule has 0 saturated heterocycles. The standard InChI is InChI=1S/C26H25N5O2/c1-18-6-5-14-30-16-21(29-25(18)30)17-33-22-11-9-20(10-12-22)26(32)27-13-15-31-19(2)28-23-7-3-4-8-24(23)31/h3-12,14,16H,13,15,17H2,1-2H3,(H,27,32). The Bertz CT molecular complexity index is 1430. The van der Waals surface area contributed by atoms with Crippen LogP contribution >= 0.6 is 0 Å². The number of fused-ring (bicyclic) bond motifs is 2. The van der Waals surface area contributed by atoms with Crippen molar-refractivity contribution in [2.24, 2.45) is 0 Å². The van der Waals surface area contributed by atoms with Crippen LogP contribution in [0.4, 0.5) is 0 Å². The lowest BCUT2D eigenvalue weighted by Gasteiger charge is -2.09. The van der Waals surface area contributed by atoms with Crippen molar-refractivity contribution in [1.82, 2.24) is 24.3 Å². The molecule has 3 aromatic heterocycles. The molecule has 5 rings (SSSR count). The van der Waals surface area contributed by atoms with Gasteiger partial charge in [-0.3, -0.25) is 4.79 Å². The van der Waals surface area contributed by atoms with E-state index in [0.717, 1.165) is 33.8 Å². The summed E-state index contributed by atoms with van der Waals surface area (Å²) >= 11 is 0. The Hall–Kier alpha value is -4.13. The number of carbonyl (C=O) groups is 1.